The first-order valence-electron chi connectivity index (χ1n) is 2.36. The van der Waals surface area contributed by atoms with E-state index in [0.717, 1.165) is 8.96 Å². The van der Waals surface area contributed by atoms with Crippen LogP contribution in [0.2, 0.25) is 0 Å². The third-order valence-electron chi connectivity index (χ3n) is 0.791. The Morgan fingerprint density at radius 1 is 1.56 bits per heavy atom. The molecule has 50 valence electrons. The normalized spacial score (nSPS) is 9.67. The molecule has 1 heterocycles. The zero-order chi connectivity index (χ0) is 6.85. The fourth-order valence-electron chi connectivity index (χ4n) is 0.380. The van der Waals surface area contributed by atoms with E-state index in [9.17, 15) is 0 Å². The van der Waals surface area contributed by atoms with Crippen molar-refractivity contribution in [1.29, 1.82) is 0 Å². The molecule has 0 radical (unpaired) electrons. The van der Waals surface area contributed by atoms with Crippen LogP contribution in [0, 0.1) is 3.01 Å². The van der Waals surface area contributed by atoms with Gasteiger partial charge in [0.1, 0.15) is 0 Å². The van der Waals surface area contributed by atoms with Crippen LogP contribution in [0.25, 0.3) is 0 Å². The van der Waals surface area contributed by atoms with Crippen LogP contribution in [0.4, 0.5) is 5.95 Å². The van der Waals surface area contributed by atoms with Crippen molar-refractivity contribution >= 4 is 40.1 Å². The third-order valence-corrected chi connectivity index (χ3v) is 2.12. The predicted molar refractivity (Wildman–Crippen MR) is 47.0 cm³/mol. The maximum atomic E-state index is 4.13. The number of aromatic nitrogens is 2. The summed E-state index contributed by atoms with van der Waals surface area (Å²) in [5, 5.41) is 0. The zero-order valence-electron chi connectivity index (χ0n) is 5.13. The van der Waals surface area contributed by atoms with Crippen LogP contribution < -0.4 is 4.90 Å². The van der Waals surface area contributed by atoms with Gasteiger partial charge in [-0.05, 0) is 34.1 Å². The fourth-order valence-corrected chi connectivity index (χ4v) is 1.37. The maximum Gasteiger partial charge on any atom is 0.237 e. The molecule has 0 fully saturated rings. The molecule has 1 aromatic heterocycles. The second kappa shape index (κ2) is 2.78. The van der Waals surface area contributed by atoms with Crippen molar-refractivity contribution in [3.05, 3.63) is 3.01 Å². The van der Waals surface area contributed by atoms with Gasteiger partial charge in [0.2, 0.25) is 5.95 Å². The van der Waals surface area contributed by atoms with Gasteiger partial charge in [-0.2, -0.15) is 9.36 Å². The van der Waals surface area contributed by atoms with Gasteiger partial charge in [0.15, 0.2) is 3.01 Å². The number of hydrogen-bond acceptors (Lipinski definition) is 4. The van der Waals surface area contributed by atoms with E-state index in [1.807, 2.05) is 19.0 Å². The van der Waals surface area contributed by atoms with Gasteiger partial charge in [-0.1, -0.05) is 0 Å². The van der Waals surface area contributed by atoms with E-state index in [2.05, 4.69) is 31.9 Å². The van der Waals surface area contributed by atoms with E-state index in [0.29, 0.717) is 0 Å². The smallest absolute Gasteiger partial charge is 0.237 e. The summed E-state index contributed by atoms with van der Waals surface area (Å²) in [5.41, 5.74) is 0. The van der Waals surface area contributed by atoms with Crippen molar-refractivity contribution in [3.8, 4) is 0 Å². The Hall–Kier alpha value is 0.0900. The summed E-state index contributed by atoms with van der Waals surface area (Å²) in [6.07, 6.45) is 0. The van der Waals surface area contributed by atoms with Gasteiger partial charge in [-0.25, -0.2) is 0 Å². The molecule has 0 aromatic carbocycles. The minimum atomic E-state index is 0.796. The van der Waals surface area contributed by atoms with Gasteiger partial charge in [0.25, 0.3) is 0 Å². The van der Waals surface area contributed by atoms with Crippen LogP contribution in [-0.2, 0) is 0 Å². The Morgan fingerprint density at radius 2 is 2.22 bits per heavy atom. The minimum absolute atomic E-state index is 0.796. The van der Waals surface area contributed by atoms with E-state index in [4.69, 9.17) is 0 Å². The first-order chi connectivity index (χ1) is 4.20. The molecule has 5 heteroatoms. The van der Waals surface area contributed by atoms with E-state index in [-0.39, 0.29) is 0 Å². The minimum Gasteiger partial charge on any atom is -0.346 e. The molecule has 0 aliphatic heterocycles. The van der Waals surface area contributed by atoms with E-state index in [1.54, 1.807) is 0 Å². The SMILES string of the molecule is CN(C)c1nsc(I)n1. The topological polar surface area (TPSA) is 29.0 Å². The second-order valence-electron chi connectivity index (χ2n) is 1.74. The molecule has 1 aromatic rings. The molecule has 9 heavy (non-hydrogen) atoms. The average molecular weight is 255 g/mol. The molecule has 0 saturated carbocycles. The van der Waals surface area contributed by atoms with Gasteiger partial charge >= 0.3 is 0 Å². The van der Waals surface area contributed by atoms with Gasteiger partial charge in [-0.3, -0.25) is 0 Å². The Labute approximate surface area is 71.4 Å². The lowest BCUT2D eigenvalue weighted by molar-refractivity contribution is 1.04. The number of anilines is 1. The summed E-state index contributed by atoms with van der Waals surface area (Å²) < 4.78 is 5.05. The third kappa shape index (κ3) is 1.75. The monoisotopic (exact) mass is 255 g/mol. The van der Waals surface area contributed by atoms with Crippen LogP contribution in [-0.4, -0.2) is 23.5 Å². The summed E-state index contributed by atoms with van der Waals surface area (Å²) in [7, 11) is 3.86. The summed E-state index contributed by atoms with van der Waals surface area (Å²) >= 11 is 3.57. The molecule has 0 unspecified atom stereocenters. The van der Waals surface area contributed by atoms with Gasteiger partial charge in [0.05, 0.1) is 0 Å². The molecular weight excluding hydrogens is 249 g/mol. The Kier molecular flexibility index (Phi) is 2.23. The summed E-state index contributed by atoms with van der Waals surface area (Å²) in [6.45, 7) is 0. The van der Waals surface area contributed by atoms with Crippen molar-refractivity contribution in [2.45, 2.75) is 0 Å². The number of nitrogens with zero attached hydrogens (tertiary/aromatic N) is 3. The number of halogens is 1. The van der Waals surface area contributed by atoms with Crippen molar-refractivity contribution in [1.82, 2.24) is 9.36 Å². The summed E-state index contributed by atoms with van der Waals surface area (Å²) in [4.78, 5) is 6.02. The molecule has 0 atom stereocenters. The lowest BCUT2D eigenvalue weighted by atomic mass is 10.8. The molecule has 0 spiro atoms. The zero-order valence-corrected chi connectivity index (χ0v) is 8.10. The fraction of sp³-hybridized carbons (Fsp3) is 0.500. The Balaban J connectivity index is 2.85. The molecule has 0 amide bonds. The second-order valence-corrected chi connectivity index (χ2v) is 4.25. The Morgan fingerprint density at radius 3 is 2.44 bits per heavy atom. The highest BCUT2D eigenvalue weighted by Gasteiger charge is 2.00. The molecule has 0 saturated heterocycles. The molecule has 1 rings (SSSR count). The summed E-state index contributed by atoms with van der Waals surface area (Å²) in [5.74, 6) is 0.796. The highest BCUT2D eigenvalue weighted by Crippen LogP contribution is 2.11. The number of rotatable bonds is 1. The first-order valence-corrected chi connectivity index (χ1v) is 4.22. The van der Waals surface area contributed by atoms with E-state index >= 15 is 0 Å². The van der Waals surface area contributed by atoms with Crippen molar-refractivity contribution < 1.29 is 0 Å². The van der Waals surface area contributed by atoms with Crippen LogP contribution >= 0.6 is 34.1 Å². The first kappa shape index (κ1) is 7.20. The molecule has 3 nitrogen and oxygen atoms in total. The summed E-state index contributed by atoms with van der Waals surface area (Å²) in [6, 6.07) is 0. The standard InChI is InChI=1S/C4H6IN3S/c1-8(2)4-6-3(5)9-7-4/h1-2H3. The van der Waals surface area contributed by atoms with E-state index in [1.165, 1.54) is 11.5 Å². The van der Waals surface area contributed by atoms with Gasteiger partial charge < -0.3 is 4.90 Å². The van der Waals surface area contributed by atoms with Crippen LogP contribution in [0.15, 0.2) is 0 Å². The lowest BCUT2D eigenvalue weighted by Gasteiger charge is -2.03. The highest BCUT2D eigenvalue weighted by atomic mass is 127. The lowest BCUT2D eigenvalue weighted by Crippen LogP contribution is -2.09. The van der Waals surface area contributed by atoms with Crippen molar-refractivity contribution in [3.63, 3.8) is 0 Å². The average Bonchev–Trinajstić information content (AvgIpc) is 2.14. The van der Waals surface area contributed by atoms with E-state index < -0.39 is 0 Å². The molecular formula is C4H6IN3S. The highest BCUT2D eigenvalue weighted by molar-refractivity contribution is 14.1. The predicted octanol–water partition coefficient (Wildman–Crippen LogP) is 1.21. The Bertz CT molecular complexity index is 197. The van der Waals surface area contributed by atoms with Crippen molar-refractivity contribution in [2.24, 2.45) is 0 Å². The van der Waals surface area contributed by atoms with Crippen molar-refractivity contribution in [2.75, 3.05) is 19.0 Å². The van der Waals surface area contributed by atoms with Gasteiger partial charge in [-0.15, -0.1) is 0 Å². The van der Waals surface area contributed by atoms with Crippen LogP contribution in [0.1, 0.15) is 0 Å². The molecule has 0 N–H and O–H groups in total. The van der Waals surface area contributed by atoms with Gasteiger partial charge in [0, 0.05) is 14.1 Å². The maximum absolute atomic E-state index is 4.13. The molecule has 0 aliphatic rings. The molecule has 0 aliphatic carbocycles. The number of hydrogen-bond donors (Lipinski definition) is 0. The largest absolute Gasteiger partial charge is 0.346 e. The quantitative estimate of drug-likeness (QED) is 0.706. The van der Waals surface area contributed by atoms with Crippen LogP contribution in [0.3, 0.4) is 0 Å². The molecule has 0 bridgehead atoms. The van der Waals surface area contributed by atoms with Crippen LogP contribution in [0.5, 0.6) is 0 Å².